The van der Waals surface area contributed by atoms with Crippen LogP contribution >= 0.6 is 0 Å². The number of furan rings is 1. The molecule has 2 aromatic carbocycles. The van der Waals surface area contributed by atoms with Crippen LogP contribution in [-0.4, -0.2) is 26.7 Å². The van der Waals surface area contributed by atoms with Gasteiger partial charge in [-0.25, -0.2) is 0 Å². The number of benzene rings is 2. The highest BCUT2D eigenvalue weighted by atomic mass is 16.4. The molecule has 27 heavy (non-hydrogen) atoms. The van der Waals surface area contributed by atoms with E-state index in [1.165, 1.54) is 27.6 Å². The quantitative estimate of drug-likeness (QED) is 0.580. The average Bonchev–Trinajstić information content (AvgIpc) is 3.34. The fourth-order valence-corrected chi connectivity index (χ4v) is 3.95. The van der Waals surface area contributed by atoms with E-state index in [1.54, 1.807) is 0 Å². The third-order valence-electron chi connectivity index (χ3n) is 5.31. The van der Waals surface area contributed by atoms with Crippen LogP contribution in [0.3, 0.4) is 0 Å². The summed E-state index contributed by atoms with van der Waals surface area (Å²) in [6.07, 6.45) is 0.945. The highest BCUT2D eigenvalue weighted by Crippen LogP contribution is 2.33. The highest BCUT2D eigenvalue weighted by Gasteiger charge is 2.24. The summed E-state index contributed by atoms with van der Waals surface area (Å²) in [7, 11) is 0. The third-order valence-corrected chi connectivity index (χ3v) is 5.31. The van der Waals surface area contributed by atoms with Crippen molar-refractivity contribution in [2.45, 2.75) is 26.1 Å². The molecule has 5 heteroatoms. The van der Waals surface area contributed by atoms with Crippen LogP contribution in [0.4, 0.5) is 0 Å². The Hall–Kier alpha value is -2.89. The molecule has 3 heterocycles. The first-order chi connectivity index (χ1) is 13.3. The number of aromatic amines is 1. The van der Waals surface area contributed by atoms with Gasteiger partial charge >= 0.3 is 0 Å². The monoisotopic (exact) mass is 359 g/mol. The molecule has 0 atom stereocenters. The second-order valence-electron chi connectivity index (χ2n) is 7.04. The predicted octanol–water partition coefficient (Wildman–Crippen LogP) is 3.87. The molecule has 5 rings (SSSR count). The van der Waals surface area contributed by atoms with Crippen molar-refractivity contribution in [1.82, 2.24) is 15.1 Å². The summed E-state index contributed by atoms with van der Waals surface area (Å²) in [5.74, 6) is 1.50. The van der Waals surface area contributed by atoms with Crippen LogP contribution in [0.25, 0.3) is 22.0 Å². The summed E-state index contributed by atoms with van der Waals surface area (Å²) >= 11 is 0. The number of H-pyrrole nitrogens is 1. The van der Waals surface area contributed by atoms with E-state index in [1.807, 2.05) is 12.1 Å². The molecule has 1 aliphatic heterocycles. The number of fused-ring (bicyclic) bond motifs is 2. The maximum absolute atomic E-state index is 9.19. The van der Waals surface area contributed by atoms with Crippen molar-refractivity contribution in [2.24, 2.45) is 0 Å². The standard InChI is InChI=1S/C22H21N3O2/c26-14-17-9-8-16(27-17)12-25-11-10-21-20(13-25)22(24-23-21)19-7-3-5-15-4-1-2-6-18(15)19/h1-9,26H,10-14H2,(H,23,24). The number of aromatic nitrogens is 2. The zero-order valence-corrected chi connectivity index (χ0v) is 15.0. The molecule has 0 unspecified atom stereocenters. The van der Waals surface area contributed by atoms with E-state index in [9.17, 15) is 5.11 Å². The van der Waals surface area contributed by atoms with Gasteiger partial charge in [-0.2, -0.15) is 5.10 Å². The lowest BCUT2D eigenvalue weighted by Gasteiger charge is -2.26. The van der Waals surface area contributed by atoms with E-state index in [0.29, 0.717) is 5.76 Å². The van der Waals surface area contributed by atoms with E-state index in [2.05, 4.69) is 57.6 Å². The van der Waals surface area contributed by atoms with Crippen LogP contribution in [0.2, 0.25) is 0 Å². The van der Waals surface area contributed by atoms with Crippen LogP contribution < -0.4 is 0 Å². The first-order valence-electron chi connectivity index (χ1n) is 9.27. The van der Waals surface area contributed by atoms with Gasteiger partial charge in [0.05, 0.1) is 12.2 Å². The molecule has 2 aromatic heterocycles. The number of rotatable bonds is 4. The topological polar surface area (TPSA) is 65.3 Å². The van der Waals surface area contributed by atoms with Gasteiger partial charge in [0.2, 0.25) is 0 Å². The number of hydrogen-bond acceptors (Lipinski definition) is 4. The molecule has 0 aliphatic carbocycles. The lowest BCUT2D eigenvalue weighted by atomic mass is 9.97. The molecule has 0 spiro atoms. The first-order valence-corrected chi connectivity index (χ1v) is 9.27. The maximum Gasteiger partial charge on any atom is 0.129 e. The largest absolute Gasteiger partial charge is 0.462 e. The van der Waals surface area contributed by atoms with Crippen LogP contribution in [0.5, 0.6) is 0 Å². The molecule has 0 saturated carbocycles. The van der Waals surface area contributed by atoms with Gasteiger partial charge in [0.25, 0.3) is 0 Å². The number of nitrogens with zero attached hydrogens (tertiary/aromatic N) is 2. The molecule has 136 valence electrons. The van der Waals surface area contributed by atoms with E-state index in [4.69, 9.17) is 4.42 Å². The Kier molecular flexibility index (Phi) is 4.03. The molecule has 0 fully saturated rings. The smallest absolute Gasteiger partial charge is 0.129 e. The minimum atomic E-state index is -0.0584. The molecule has 4 aromatic rings. The van der Waals surface area contributed by atoms with Gasteiger partial charge in [0.1, 0.15) is 18.1 Å². The normalized spacial score (nSPS) is 14.6. The van der Waals surface area contributed by atoms with Gasteiger partial charge in [-0.05, 0) is 22.9 Å². The van der Waals surface area contributed by atoms with Crippen LogP contribution in [0, 0.1) is 0 Å². The molecule has 0 amide bonds. The summed E-state index contributed by atoms with van der Waals surface area (Å²) in [5.41, 5.74) is 4.71. The summed E-state index contributed by atoms with van der Waals surface area (Å²) in [4.78, 5) is 2.37. The van der Waals surface area contributed by atoms with Gasteiger partial charge in [0, 0.05) is 36.3 Å². The third kappa shape index (κ3) is 2.95. The minimum Gasteiger partial charge on any atom is -0.462 e. The zero-order chi connectivity index (χ0) is 18.2. The molecular formula is C22H21N3O2. The fourth-order valence-electron chi connectivity index (χ4n) is 3.95. The number of hydrogen-bond donors (Lipinski definition) is 2. The highest BCUT2D eigenvalue weighted by molar-refractivity contribution is 5.96. The molecular weight excluding hydrogens is 338 g/mol. The Morgan fingerprint density at radius 3 is 2.78 bits per heavy atom. The Balaban J connectivity index is 1.47. The first kappa shape index (κ1) is 16.3. The Bertz CT molecular complexity index is 1090. The lowest BCUT2D eigenvalue weighted by Crippen LogP contribution is -2.29. The van der Waals surface area contributed by atoms with Crippen LogP contribution in [0.1, 0.15) is 22.8 Å². The summed E-state index contributed by atoms with van der Waals surface area (Å²) in [6.45, 7) is 2.47. The molecule has 0 radical (unpaired) electrons. The minimum absolute atomic E-state index is 0.0584. The van der Waals surface area contributed by atoms with Gasteiger partial charge in [0.15, 0.2) is 0 Å². The SMILES string of the molecule is OCc1ccc(CN2CCc3[nH]nc(-c4cccc5ccccc45)c3C2)o1. The molecule has 0 saturated heterocycles. The molecule has 1 aliphatic rings. The average molecular weight is 359 g/mol. The van der Waals surface area contributed by atoms with Gasteiger partial charge in [-0.1, -0.05) is 42.5 Å². The summed E-state index contributed by atoms with van der Waals surface area (Å²) in [6, 6.07) is 18.6. The number of aliphatic hydroxyl groups excluding tert-OH is 1. The van der Waals surface area contributed by atoms with Crippen molar-refractivity contribution in [1.29, 1.82) is 0 Å². The second-order valence-corrected chi connectivity index (χ2v) is 7.04. The Morgan fingerprint density at radius 1 is 1.04 bits per heavy atom. The van der Waals surface area contributed by atoms with Crippen molar-refractivity contribution in [3.05, 3.63) is 77.4 Å². The van der Waals surface area contributed by atoms with E-state index < -0.39 is 0 Å². The van der Waals surface area contributed by atoms with Crippen molar-refractivity contribution in [3.8, 4) is 11.3 Å². The summed E-state index contributed by atoms with van der Waals surface area (Å²) < 4.78 is 5.66. The predicted molar refractivity (Wildman–Crippen MR) is 104 cm³/mol. The molecule has 5 nitrogen and oxygen atoms in total. The van der Waals surface area contributed by atoms with Crippen molar-refractivity contribution >= 4 is 10.8 Å². The van der Waals surface area contributed by atoms with Crippen LogP contribution in [0.15, 0.2) is 59.0 Å². The van der Waals surface area contributed by atoms with Crippen molar-refractivity contribution in [3.63, 3.8) is 0 Å². The number of aliphatic hydroxyl groups is 1. The van der Waals surface area contributed by atoms with E-state index >= 15 is 0 Å². The van der Waals surface area contributed by atoms with Crippen molar-refractivity contribution < 1.29 is 9.52 Å². The Labute approximate surface area is 157 Å². The van der Waals surface area contributed by atoms with Crippen LogP contribution in [-0.2, 0) is 26.1 Å². The molecule has 2 N–H and O–H groups in total. The van der Waals surface area contributed by atoms with E-state index in [0.717, 1.165) is 37.5 Å². The van der Waals surface area contributed by atoms with Gasteiger partial charge < -0.3 is 9.52 Å². The second kappa shape index (κ2) is 6.68. The zero-order valence-electron chi connectivity index (χ0n) is 15.0. The number of nitrogens with one attached hydrogen (secondary N) is 1. The summed E-state index contributed by atoms with van der Waals surface area (Å²) in [5, 5.41) is 19.6. The van der Waals surface area contributed by atoms with Crippen molar-refractivity contribution in [2.75, 3.05) is 6.54 Å². The molecule has 0 bridgehead atoms. The van der Waals surface area contributed by atoms with Gasteiger partial charge in [-0.15, -0.1) is 0 Å². The Morgan fingerprint density at radius 2 is 1.89 bits per heavy atom. The fraction of sp³-hybridized carbons (Fsp3) is 0.227. The van der Waals surface area contributed by atoms with E-state index in [-0.39, 0.29) is 6.61 Å². The lowest BCUT2D eigenvalue weighted by molar-refractivity contribution is 0.208. The maximum atomic E-state index is 9.19. The van der Waals surface area contributed by atoms with Gasteiger partial charge in [-0.3, -0.25) is 10.00 Å².